The minimum Gasteiger partial charge on any atom is -0.399 e. The van der Waals surface area contributed by atoms with Crippen molar-refractivity contribution < 1.29 is 14.1 Å². The molecule has 0 unspecified atom stereocenters. The van der Waals surface area contributed by atoms with Crippen LogP contribution in [0.5, 0.6) is 0 Å². The number of amides is 1. The molecule has 2 aromatic rings. The maximum Gasteiger partial charge on any atom is 0.304 e. The Kier molecular flexibility index (Phi) is 4.13. The van der Waals surface area contributed by atoms with Crippen molar-refractivity contribution in [1.29, 1.82) is 0 Å². The van der Waals surface area contributed by atoms with Gasteiger partial charge in [-0.05, 0) is 23.8 Å². The molecule has 0 bridgehead atoms. The monoisotopic (exact) mass is 289 g/mol. The molecule has 0 saturated heterocycles. The highest BCUT2D eigenvalue weighted by Crippen LogP contribution is 2.21. The van der Waals surface area contributed by atoms with E-state index in [2.05, 4.69) is 5.32 Å². The Morgan fingerprint density at radius 3 is 2.67 bits per heavy atom. The lowest BCUT2D eigenvalue weighted by Crippen LogP contribution is -2.14. The molecule has 0 aliphatic carbocycles. The van der Waals surface area contributed by atoms with Crippen LogP contribution in [-0.4, -0.2) is 10.8 Å². The summed E-state index contributed by atoms with van der Waals surface area (Å²) < 4.78 is 13.4. The van der Waals surface area contributed by atoms with Crippen LogP contribution in [0.3, 0.4) is 0 Å². The molecule has 7 heteroatoms. The number of benzene rings is 2. The van der Waals surface area contributed by atoms with Crippen LogP contribution in [0.1, 0.15) is 5.56 Å². The van der Waals surface area contributed by atoms with Crippen LogP contribution in [0.4, 0.5) is 21.5 Å². The Balaban J connectivity index is 2.06. The lowest BCUT2D eigenvalue weighted by molar-refractivity contribution is -0.387. The topological polar surface area (TPSA) is 98.3 Å². The molecule has 0 aliphatic heterocycles. The van der Waals surface area contributed by atoms with E-state index in [-0.39, 0.29) is 18.0 Å². The Hall–Kier alpha value is -2.96. The number of anilines is 2. The van der Waals surface area contributed by atoms with E-state index >= 15 is 0 Å². The number of nitrogens with two attached hydrogens (primary N) is 1. The highest BCUT2D eigenvalue weighted by molar-refractivity contribution is 5.92. The summed E-state index contributed by atoms with van der Waals surface area (Å²) >= 11 is 0. The molecule has 0 radical (unpaired) electrons. The van der Waals surface area contributed by atoms with Crippen molar-refractivity contribution in [2.24, 2.45) is 0 Å². The van der Waals surface area contributed by atoms with E-state index in [1.54, 1.807) is 24.3 Å². The van der Waals surface area contributed by atoms with Crippen molar-refractivity contribution >= 4 is 23.0 Å². The SMILES string of the molecule is Nc1cccc(CC(=O)Nc2ccc([N+](=O)[O-])c(F)c2)c1. The molecule has 0 heterocycles. The zero-order valence-corrected chi connectivity index (χ0v) is 10.9. The van der Waals surface area contributed by atoms with Gasteiger partial charge in [-0.25, -0.2) is 0 Å². The molecule has 0 fully saturated rings. The molecule has 3 N–H and O–H groups in total. The Morgan fingerprint density at radius 2 is 2.05 bits per heavy atom. The first-order valence-electron chi connectivity index (χ1n) is 6.04. The molecular formula is C14H12FN3O3. The van der Waals surface area contributed by atoms with Crippen LogP contribution in [0.2, 0.25) is 0 Å². The Bertz CT molecular complexity index is 704. The number of nitrogens with one attached hydrogen (secondary N) is 1. The van der Waals surface area contributed by atoms with E-state index in [0.29, 0.717) is 5.69 Å². The van der Waals surface area contributed by atoms with Crippen LogP contribution < -0.4 is 11.1 Å². The third-order valence-corrected chi connectivity index (χ3v) is 2.74. The molecule has 0 atom stereocenters. The maximum atomic E-state index is 13.4. The highest BCUT2D eigenvalue weighted by atomic mass is 19.1. The average Bonchev–Trinajstić information content (AvgIpc) is 2.38. The smallest absolute Gasteiger partial charge is 0.304 e. The van der Waals surface area contributed by atoms with Crippen molar-refractivity contribution in [3.8, 4) is 0 Å². The van der Waals surface area contributed by atoms with Crippen molar-refractivity contribution in [1.82, 2.24) is 0 Å². The molecule has 2 aromatic carbocycles. The summed E-state index contributed by atoms with van der Waals surface area (Å²) in [6, 6.07) is 10.0. The van der Waals surface area contributed by atoms with Gasteiger partial charge in [0.15, 0.2) is 0 Å². The summed E-state index contributed by atoms with van der Waals surface area (Å²) in [6.45, 7) is 0. The van der Waals surface area contributed by atoms with Crippen molar-refractivity contribution in [3.05, 3.63) is 64.0 Å². The zero-order chi connectivity index (χ0) is 15.4. The van der Waals surface area contributed by atoms with E-state index < -0.39 is 16.4 Å². The number of nitro groups is 1. The van der Waals surface area contributed by atoms with E-state index in [4.69, 9.17) is 5.73 Å². The van der Waals surface area contributed by atoms with Crippen LogP contribution in [-0.2, 0) is 11.2 Å². The fraction of sp³-hybridized carbons (Fsp3) is 0.0714. The van der Waals surface area contributed by atoms with Gasteiger partial charge in [0.05, 0.1) is 11.3 Å². The molecule has 108 valence electrons. The van der Waals surface area contributed by atoms with Gasteiger partial charge in [0.1, 0.15) is 0 Å². The van der Waals surface area contributed by atoms with Crippen molar-refractivity contribution in [2.45, 2.75) is 6.42 Å². The largest absolute Gasteiger partial charge is 0.399 e. The van der Waals surface area contributed by atoms with E-state index in [1.807, 2.05) is 0 Å². The molecule has 0 spiro atoms. The van der Waals surface area contributed by atoms with Crippen LogP contribution in [0.25, 0.3) is 0 Å². The van der Waals surface area contributed by atoms with Crippen molar-refractivity contribution in [3.63, 3.8) is 0 Å². The van der Waals surface area contributed by atoms with Gasteiger partial charge in [-0.15, -0.1) is 0 Å². The molecule has 21 heavy (non-hydrogen) atoms. The standard InChI is InChI=1S/C14H12FN3O3/c15-12-8-11(4-5-13(12)18(20)21)17-14(19)7-9-2-1-3-10(16)6-9/h1-6,8H,7,16H2,(H,17,19). The summed E-state index contributed by atoms with van der Waals surface area (Å²) in [5.41, 5.74) is 6.39. The molecule has 0 aromatic heterocycles. The van der Waals surface area contributed by atoms with Crippen LogP contribution >= 0.6 is 0 Å². The molecule has 0 saturated carbocycles. The first-order valence-corrected chi connectivity index (χ1v) is 6.04. The van der Waals surface area contributed by atoms with Gasteiger partial charge in [-0.3, -0.25) is 14.9 Å². The summed E-state index contributed by atoms with van der Waals surface area (Å²) in [5.74, 6) is -1.37. The molecule has 2 rings (SSSR count). The van der Waals surface area contributed by atoms with Gasteiger partial charge < -0.3 is 11.1 Å². The van der Waals surface area contributed by atoms with Gasteiger partial charge in [0.25, 0.3) is 0 Å². The third-order valence-electron chi connectivity index (χ3n) is 2.74. The first-order chi connectivity index (χ1) is 9.95. The molecule has 6 nitrogen and oxygen atoms in total. The maximum absolute atomic E-state index is 13.4. The number of hydrogen-bond donors (Lipinski definition) is 2. The van der Waals surface area contributed by atoms with Gasteiger partial charge in [-0.1, -0.05) is 12.1 Å². The number of nitrogen functional groups attached to an aromatic ring is 1. The van der Waals surface area contributed by atoms with E-state index in [0.717, 1.165) is 17.7 Å². The summed E-state index contributed by atoms with van der Waals surface area (Å²) in [6.07, 6.45) is 0.0731. The minimum atomic E-state index is -0.998. The zero-order valence-electron chi connectivity index (χ0n) is 10.9. The van der Waals surface area contributed by atoms with Gasteiger partial charge in [0, 0.05) is 23.5 Å². The quantitative estimate of drug-likeness (QED) is 0.513. The lowest BCUT2D eigenvalue weighted by Gasteiger charge is -2.06. The third kappa shape index (κ3) is 3.75. The number of carbonyl (C=O) groups excluding carboxylic acids is 1. The fourth-order valence-corrected chi connectivity index (χ4v) is 1.83. The molecule has 0 aliphatic rings. The predicted molar refractivity (Wildman–Crippen MR) is 76.2 cm³/mol. The number of nitrogens with zero attached hydrogens (tertiary/aromatic N) is 1. The highest BCUT2D eigenvalue weighted by Gasteiger charge is 2.14. The Morgan fingerprint density at radius 1 is 1.29 bits per heavy atom. The average molecular weight is 289 g/mol. The molecule has 1 amide bonds. The normalized spacial score (nSPS) is 10.1. The van der Waals surface area contributed by atoms with Crippen molar-refractivity contribution in [2.75, 3.05) is 11.1 Å². The van der Waals surface area contributed by atoms with E-state index in [9.17, 15) is 19.3 Å². The minimum absolute atomic E-state index is 0.0731. The second-order valence-corrected chi connectivity index (χ2v) is 4.39. The van der Waals surface area contributed by atoms with Gasteiger partial charge in [-0.2, -0.15) is 4.39 Å². The summed E-state index contributed by atoms with van der Waals surface area (Å²) in [7, 11) is 0. The van der Waals surface area contributed by atoms with E-state index in [1.165, 1.54) is 6.07 Å². The number of rotatable bonds is 4. The first kappa shape index (κ1) is 14.4. The fourth-order valence-electron chi connectivity index (χ4n) is 1.83. The van der Waals surface area contributed by atoms with Gasteiger partial charge >= 0.3 is 5.69 Å². The number of nitro benzene ring substituents is 1. The number of halogens is 1. The lowest BCUT2D eigenvalue weighted by atomic mass is 10.1. The number of carbonyl (C=O) groups is 1. The Labute approximate surface area is 119 Å². The second kappa shape index (κ2) is 6.00. The van der Waals surface area contributed by atoms with Crippen LogP contribution in [0.15, 0.2) is 42.5 Å². The van der Waals surface area contributed by atoms with Gasteiger partial charge in [0.2, 0.25) is 11.7 Å². The molecular weight excluding hydrogens is 277 g/mol. The second-order valence-electron chi connectivity index (χ2n) is 4.39. The number of hydrogen-bond acceptors (Lipinski definition) is 4. The predicted octanol–water partition coefficient (Wildman–Crippen LogP) is 2.50. The summed E-state index contributed by atoms with van der Waals surface area (Å²) in [5, 5.41) is 13.0. The summed E-state index contributed by atoms with van der Waals surface area (Å²) in [4.78, 5) is 21.5. The van der Waals surface area contributed by atoms with Crippen LogP contribution in [0, 0.1) is 15.9 Å².